The fourth-order valence-electron chi connectivity index (χ4n) is 3.39. The molecule has 2 atom stereocenters. The molecule has 0 spiro atoms. The van der Waals surface area contributed by atoms with Gasteiger partial charge in [0, 0.05) is 30.4 Å². The molecule has 1 aliphatic heterocycles. The van der Waals surface area contributed by atoms with Crippen molar-refractivity contribution in [3.8, 4) is 0 Å². The highest BCUT2D eigenvalue weighted by molar-refractivity contribution is 7.14. The van der Waals surface area contributed by atoms with Gasteiger partial charge >= 0.3 is 0 Å². The van der Waals surface area contributed by atoms with Crippen molar-refractivity contribution in [2.75, 3.05) is 13.1 Å². The van der Waals surface area contributed by atoms with E-state index in [9.17, 15) is 9.59 Å². The third-order valence-electron chi connectivity index (χ3n) is 4.60. The average Bonchev–Trinajstić information content (AvgIpc) is 3.05. The fourth-order valence-corrected chi connectivity index (χ4v) is 4.50. The van der Waals surface area contributed by atoms with Crippen LogP contribution < -0.4 is 5.32 Å². The van der Waals surface area contributed by atoms with Gasteiger partial charge in [0.25, 0.3) is 5.91 Å². The molecule has 22 heavy (non-hydrogen) atoms. The summed E-state index contributed by atoms with van der Waals surface area (Å²) in [6, 6.07) is 2.06. The van der Waals surface area contributed by atoms with Crippen LogP contribution in [0.1, 0.15) is 53.2 Å². The van der Waals surface area contributed by atoms with E-state index in [1.54, 1.807) is 11.3 Å². The third-order valence-corrected chi connectivity index (χ3v) is 5.83. The van der Waals surface area contributed by atoms with E-state index in [0.717, 1.165) is 36.6 Å². The van der Waals surface area contributed by atoms with Gasteiger partial charge in [-0.1, -0.05) is 6.92 Å². The number of hydrogen-bond acceptors (Lipinski definition) is 3. The van der Waals surface area contributed by atoms with Gasteiger partial charge in [-0.05, 0) is 50.2 Å². The summed E-state index contributed by atoms with van der Waals surface area (Å²) < 4.78 is 0. The Kier molecular flexibility index (Phi) is 4.52. The second-order valence-electron chi connectivity index (χ2n) is 6.72. The minimum Gasteiger partial charge on any atom is -0.347 e. The van der Waals surface area contributed by atoms with Gasteiger partial charge in [-0.3, -0.25) is 9.59 Å². The molecule has 5 heteroatoms. The van der Waals surface area contributed by atoms with E-state index in [4.69, 9.17) is 0 Å². The molecule has 2 amide bonds. The zero-order valence-electron chi connectivity index (χ0n) is 13.4. The second-order valence-corrected chi connectivity index (χ2v) is 7.86. The Bertz CT molecular complexity index is 581. The lowest BCUT2D eigenvalue weighted by Crippen LogP contribution is -2.42. The van der Waals surface area contributed by atoms with Crippen molar-refractivity contribution in [3.05, 3.63) is 21.4 Å². The quantitative estimate of drug-likeness (QED) is 0.927. The average molecular weight is 320 g/mol. The topological polar surface area (TPSA) is 49.4 Å². The molecule has 0 unspecified atom stereocenters. The molecule has 1 aromatic heterocycles. The van der Waals surface area contributed by atoms with E-state index < -0.39 is 0 Å². The van der Waals surface area contributed by atoms with Crippen LogP contribution >= 0.6 is 11.3 Å². The fraction of sp³-hybridized carbons (Fsp3) is 0.647. The summed E-state index contributed by atoms with van der Waals surface area (Å²) >= 11 is 1.64. The van der Waals surface area contributed by atoms with Crippen LogP contribution in [0.15, 0.2) is 6.07 Å². The zero-order chi connectivity index (χ0) is 15.7. The summed E-state index contributed by atoms with van der Waals surface area (Å²) in [5.41, 5.74) is 1.36. The Morgan fingerprint density at radius 1 is 1.50 bits per heavy atom. The van der Waals surface area contributed by atoms with Gasteiger partial charge in [-0.15, -0.1) is 11.3 Å². The summed E-state index contributed by atoms with van der Waals surface area (Å²) in [6.07, 6.45) is 5.01. The highest BCUT2D eigenvalue weighted by Gasteiger charge is 2.24. The van der Waals surface area contributed by atoms with Crippen LogP contribution in [0.25, 0.3) is 0 Å². The molecule has 0 saturated carbocycles. The van der Waals surface area contributed by atoms with E-state index in [0.29, 0.717) is 13.0 Å². The first-order valence-electron chi connectivity index (χ1n) is 8.23. The lowest BCUT2D eigenvalue weighted by Gasteiger charge is -2.21. The SMILES string of the molecule is C[C@H]1CCc2sc(C(=O)N[C@@H](C)CN3CCCC3=O)cc2C1. The van der Waals surface area contributed by atoms with Crippen molar-refractivity contribution in [2.45, 2.75) is 52.0 Å². The minimum absolute atomic E-state index is 0.00574. The molecule has 0 radical (unpaired) electrons. The molecule has 1 saturated heterocycles. The number of carbonyl (C=O) groups excluding carboxylic acids is 2. The second kappa shape index (κ2) is 6.41. The number of nitrogens with one attached hydrogen (secondary N) is 1. The predicted molar refractivity (Wildman–Crippen MR) is 88.3 cm³/mol. The predicted octanol–water partition coefficient (Wildman–Crippen LogP) is 2.61. The Balaban J connectivity index is 1.58. The standard InChI is InChI=1S/C17H24N2O2S/c1-11-5-6-14-13(8-11)9-15(22-14)17(21)18-12(2)10-19-7-3-4-16(19)20/h9,11-12H,3-8,10H2,1-2H3,(H,18,21)/t11-,12-/m0/s1. The Morgan fingerprint density at radius 3 is 3.05 bits per heavy atom. The smallest absolute Gasteiger partial charge is 0.261 e. The number of rotatable bonds is 4. The molecule has 3 rings (SSSR count). The maximum atomic E-state index is 12.4. The number of nitrogens with zero attached hydrogens (tertiary/aromatic N) is 1. The number of thiophene rings is 1. The largest absolute Gasteiger partial charge is 0.347 e. The zero-order valence-corrected chi connectivity index (χ0v) is 14.2. The molecule has 1 aliphatic carbocycles. The molecular weight excluding hydrogens is 296 g/mol. The van der Waals surface area contributed by atoms with E-state index in [2.05, 4.69) is 18.3 Å². The number of amides is 2. The van der Waals surface area contributed by atoms with Crippen LogP contribution in [0.5, 0.6) is 0 Å². The summed E-state index contributed by atoms with van der Waals surface area (Å²) in [5, 5.41) is 3.04. The highest BCUT2D eigenvalue weighted by atomic mass is 32.1. The van der Waals surface area contributed by atoms with Crippen LogP contribution in [0.2, 0.25) is 0 Å². The lowest BCUT2D eigenvalue weighted by atomic mass is 9.90. The van der Waals surface area contributed by atoms with E-state index in [1.807, 2.05) is 11.8 Å². The molecule has 0 bridgehead atoms. The molecule has 120 valence electrons. The number of hydrogen-bond donors (Lipinski definition) is 1. The summed E-state index contributed by atoms with van der Waals surface area (Å²) in [7, 11) is 0. The lowest BCUT2D eigenvalue weighted by molar-refractivity contribution is -0.127. The van der Waals surface area contributed by atoms with Crippen LogP contribution in [0.3, 0.4) is 0 Å². The Hall–Kier alpha value is -1.36. The number of carbonyl (C=O) groups is 2. The van der Waals surface area contributed by atoms with Crippen molar-refractivity contribution >= 4 is 23.2 Å². The molecule has 2 heterocycles. The van der Waals surface area contributed by atoms with Crippen molar-refractivity contribution in [2.24, 2.45) is 5.92 Å². The van der Waals surface area contributed by atoms with Crippen LogP contribution in [-0.4, -0.2) is 35.8 Å². The van der Waals surface area contributed by atoms with Gasteiger partial charge in [-0.25, -0.2) is 0 Å². The van der Waals surface area contributed by atoms with Crippen molar-refractivity contribution in [3.63, 3.8) is 0 Å². The van der Waals surface area contributed by atoms with Crippen LogP contribution in [-0.2, 0) is 17.6 Å². The summed E-state index contributed by atoms with van der Waals surface area (Å²) in [4.78, 5) is 28.1. The first-order chi connectivity index (χ1) is 10.5. The van der Waals surface area contributed by atoms with Gasteiger partial charge in [0.2, 0.25) is 5.91 Å². The van der Waals surface area contributed by atoms with Crippen molar-refractivity contribution in [1.29, 1.82) is 0 Å². The normalized spacial score (nSPS) is 22.5. The molecule has 0 aromatic carbocycles. The maximum absolute atomic E-state index is 12.4. The van der Waals surface area contributed by atoms with Crippen molar-refractivity contribution in [1.82, 2.24) is 10.2 Å². The van der Waals surface area contributed by atoms with Crippen LogP contribution in [0.4, 0.5) is 0 Å². The van der Waals surface area contributed by atoms with Gasteiger partial charge in [0.05, 0.1) is 4.88 Å². The van der Waals surface area contributed by atoms with Gasteiger partial charge in [-0.2, -0.15) is 0 Å². The van der Waals surface area contributed by atoms with E-state index in [-0.39, 0.29) is 17.9 Å². The van der Waals surface area contributed by atoms with Gasteiger partial charge in [0.15, 0.2) is 0 Å². The van der Waals surface area contributed by atoms with Gasteiger partial charge < -0.3 is 10.2 Å². The number of fused-ring (bicyclic) bond motifs is 1. The summed E-state index contributed by atoms with van der Waals surface area (Å²) in [5.74, 6) is 0.936. The molecule has 1 fully saturated rings. The molecular formula is C17H24N2O2S. The number of likely N-dealkylation sites (tertiary alicyclic amines) is 1. The Labute approximate surface area is 135 Å². The third kappa shape index (κ3) is 3.35. The molecule has 2 aliphatic rings. The minimum atomic E-state index is -0.00685. The van der Waals surface area contributed by atoms with Gasteiger partial charge in [0.1, 0.15) is 0 Å². The van der Waals surface area contributed by atoms with E-state index in [1.165, 1.54) is 16.9 Å². The van der Waals surface area contributed by atoms with E-state index >= 15 is 0 Å². The maximum Gasteiger partial charge on any atom is 0.261 e. The first-order valence-corrected chi connectivity index (χ1v) is 9.05. The molecule has 1 aromatic rings. The molecule has 4 nitrogen and oxygen atoms in total. The highest BCUT2D eigenvalue weighted by Crippen LogP contribution is 2.32. The molecule has 1 N–H and O–H groups in total. The Morgan fingerprint density at radius 2 is 2.32 bits per heavy atom. The first kappa shape index (κ1) is 15.5. The van der Waals surface area contributed by atoms with Crippen molar-refractivity contribution < 1.29 is 9.59 Å². The number of aryl methyl sites for hydroxylation is 1. The monoisotopic (exact) mass is 320 g/mol. The van der Waals surface area contributed by atoms with Crippen LogP contribution in [0, 0.1) is 5.92 Å². The summed E-state index contributed by atoms with van der Waals surface area (Å²) in [6.45, 7) is 5.69.